The molecule has 0 radical (unpaired) electrons. The minimum Gasteiger partial charge on any atom is -0.439 e. The number of cyclic esters (lactones) is 1. The molecule has 1 amide bonds. The van der Waals surface area contributed by atoms with E-state index in [2.05, 4.69) is 4.74 Å². The molecule has 2 aromatic carbocycles. The molecular formula is C18H16F3NO3. The summed E-state index contributed by atoms with van der Waals surface area (Å²) in [6.45, 7) is 2.62. The van der Waals surface area contributed by atoms with E-state index in [1.54, 1.807) is 0 Å². The van der Waals surface area contributed by atoms with Gasteiger partial charge in [-0.05, 0) is 30.2 Å². The van der Waals surface area contributed by atoms with Gasteiger partial charge in [-0.25, -0.2) is 4.79 Å². The molecule has 1 heterocycles. The average molecular weight is 351 g/mol. The van der Waals surface area contributed by atoms with E-state index >= 15 is 0 Å². The van der Waals surface area contributed by atoms with Gasteiger partial charge in [0.1, 0.15) is 11.9 Å². The number of carbonyl (C=O) groups excluding carboxylic acids is 1. The maximum Gasteiger partial charge on any atom is 0.573 e. The summed E-state index contributed by atoms with van der Waals surface area (Å²) in [5.41, 5.74) is 2.72. The van der Waals surface area contributed by atoms with Crippen LogP contribution >= 0.6 is 0 Å². The maximum absolute atomic E-state index is 12.2. The van der Waals surface area contributed by atoms with Gasteiger partial charge < -0.3 is 9.47 Å². The Morgan fingerprint density at radius 2 is 1.76 bits per heavy atom. The molecule has 2 aromatic rings. The Hall–Kier alpha value is -2.70. The molecule has 25 heavy (non-hydrogen) atoms. The average Bonchev–Trinajstić information content (AvgIpc) is 2.89. The second kappa shape index (κ2) is 6.66. The molecule has 4 nitrogen and oxygen atoms in total. The number of halogens is 3. The van der Waals surface area contributed by atoms with Gasteiger partial charge in [0.25, 0.3) is 0 Å². The zero-order valence-electron chi connectivity index (χ0n) is 13.4. The molecule has 132 valence electrons. The fourth-order valence-electron chi connectivity index (χ4n) is 2.61. The Bertz CT molecular complexity index is 742. The molecule has 1 aliphatic heterocycles. The van der Waals surface area contributed by atoms with E-state index in [9.17, 15) is 18.0 Å². The van der Waals surface area contributed by atoms with Crippen molar-refractivity contribution < 1.29 is 27.4 Å². The number of alkyl halides is 3. The summed E-state index contributed by atoms with van der Waals surface area (Å²) in [5.74, 6) is -0.294. The van der Waals surface area contributed by atoms with Gasteiger partial charge in [0.15, 0.2) is 0 Å². The first-order valence-corrected chi connectivity index (χ1v) is 7.67. The van der Waals surface area contributed by atoms with Gasteiger partial charge in [0.2, 0.25) is 0 Å². The van der Waals surface area contributed by atoms with Crippen molar-refractivity contribution in [2.45, 2.75) is 25.9 Å². The standard InChI is InChI=1S/C18H16F3NO3/c1-12-2-6-14(7-3-12)16-11-22(17(23)24-16)10-13-4-8-15(9-5-13)25-18(19,20)21/h2-9,16H,10-11H2,1H3/t16-/m0/s1. The zero-order chi connectivity index (χ0) is 18.0. The summed E-state index contributed by atoms with van der Waals surface area (Å²) in [5, 5.41) is 0. The molecule has 7 heteroatoms. The lowest BCUT2D eigenvalue weighted by Crippen LogP contribution is -2.23. The molecule has 1 aliphatic rings. The van der Waals surface area contributed by atoms with Gasteiger partial charge >= 0.3 is 12.5 Å². The Labute approximate surface area is 142 Å². The number of hydrogen-bond donors (Lipinski definition) is 0. The van der Waals surface area contributed by atoms with Crippen molar-refractivity contribution in [3.05, 3.63) is 65.2 Å². The van der Waals surface area contributed by atoms with Crippen LogP contribution in [0.3, 0.4) is 0 Å². The predicted molar refractivity (Wildman–Crippen MR) is 83.9 cm³/mol. The monoisotopic (exact) mass is 351 g/mol. The molecule has 0 N–H and O–H groups in total. The lowest BCUT2D eigenvalue weighted by Gasteiger charge is -2.14. The van der Waals surface area contributed by atoms with Gasteiger partial charge in [0, 0.05) is 6.54 Å². The number of ether oxygens (including phenoxy) is 2. The van der Waals surface area contributed by atoms with Crippen molar-refractivity contribution in [1.82, 2.24) is 4.90 Å². The number of amides is 1. The smallest absolute Gasteiger partial charge is 0.439 e. The Kier molecular flexibility index (Phi) is 4.57. The van der Waals surface area contributed by atoms with Crippen LogP contribution in [-0.4, -0.2) is 23.9 Å². The van der Waals surface area contributed by atoms with Crippen LogP contribution in [0.25, 0.3) is 0 Å². The third-order valence-corrected chi connectivity index (χ3v) is 3.87. The van der Waals surface area contributed by atoms with Crippen molar-refractivity contribution in [2.75, 3.05) is 6.54 Å². The molecule has 0 bridgehead atoms. The topological polar surface area (TPSA) is 38.8 Å². The Balaban J connectivity index is 1.63. The predicted octanol–water partition coefficient (Wildman–Crippen LogP) is 4.59. The molecular weight excluding hydrogens is 335 g/mol. The summed E-state index contributed by atoms with van der Waals surface area (Å²) in [6, 6.07) is 13.2. The quantitative estimate of drug-likeness (QED) is 0.809. The number of hydrogen-bond acceptors (Lipinski definition) is 3. The molecule has 1 fully saturated rings. The van der Waals surface area contributed by atoms with E-state index in [1.807, 2.05) is 31.2 Å². The summed E-state index contributed by atoms with van der Waals surface area (Å²) in [7, 11) is 0. The van der Waals surface area contributed by atoms with Crippen molar-refractivity contribution >= 4 is 6.09 Å². The van der Waals surface area contributed by atoms with Crippen molar-refractivity contribution in [3.8, 4) is 5.75 Å². The van der Waals surface area contributed by atoms with Gasteiger partial charge in [-0.2, -0.15) is 0 Å². The highest BCUT2D eigenvalue weighted by molar-refractivity contribution is 5.70. The summed E-state index contributed by atoms with van der Waals surface area (Å²) >= 11 is 0. The fraction of sp³-hybridized carbons (Fsp3) is 0.278. The molecule has 0 spiro atoms. The van der Waals surface area contributed by atoms with Gasteiger partial charge in [-0.15, -0.1) is 13.2 Å². The number of aryl methyl sites for hydroxylation is 1. The Morgan fingerprint density at radius 3 is 2.36 bits per heavy atom. The third kappa shape index (κ3) is 4.43. The molecule has 3 rings (SSSR count). The molecule has 0 saturated carbocycles. The number of benzene rings is 2. The number of rotatable bonds is 4. The fourth-order valence-corrected chi connectivity index (χ4v) is 2.61. The zero-order valence-corrected chi connectivity index (χ0v) is 13.4. The molecule has 0 aromatic heterocycles. The van der Waals surface area contributed by atoms with Gasteiger partial charge in [-0.3, -0.25) is 4.90 Å². The minimum absolute atomic E-state index is 0.257. The van der Waals surface area contributed by atoms with Crippen LogP contribution in [0.5, 0.6) is 5.75 Å². The normalized spacial score (nSPS) is 17.5. The number of carbonyl (C=O) groups is 1. The first-order chi connectivity index (χ1) is 11.8. The van der Waals surface area contributed by atoms with Gasteiger partial charge in [-0.1, -0.05) is 42.0 Å². The van der Waals surface area contributed by atoms with E-state index in [1.165, 1.54) is 29.2 Å². The summed E-state index contributed by atoms with van der Waals surface area (Å²) in [4.78, 5) is 13.5. The van der Waals surface area contributed by atoms with E-state index in [4.69, 9.17) is 4.74 Å². The van der Waals surface area contributed by atoms with Crippen LogP contribution in [0.2, 0.25) is 0 Å². The highest BCUT2D eigenvalue weighted by Gasteiger charge is 2.33. The van der Waals surface area contributed by atoms with Crippen LogP contribution < -0.4 is 4.74 Å². The van der Waals surface area contributed by atoms with Gasteiger partial charge in [0.05, 0.1) is 6.54 Å². The maximum atomic E-state index is 12.2. The summed E-state index contributed by atoms with van der Waals surface area (Å²) in [6.07, 6.45) is -5.51. The van der Waals surface area contributed by atoms with Crippen LogP contribution in [0.4, 0.5) is 18.0 Å². The van der Waals surface area contributed by atoms with Crippen LogP contribution in [0.15, 0.2) is 48.5 Å². The van der Waals surface area contributed by atoms with Crippen LogP contribution in [-0.2, 0) is 11.3 Å². The molecule has 0 unspecified atom stereocenters. The van der Waals surface area contributed by atoms with E-state index in [-0.39, 0.29) is 18.4 Å². The third-order valence-electron chi connectivity index (χ3n) is 3.87. The largest absolute Gasteiger partial charge is 0.573 e. The highest BCUT2D eigenvalue weighted by Crippen LogP contribution is 2.28. The molecule has 0 aliphatic carbocycles. The van der Waals surface area contributed by atoms with Crippen molar-refractivity contribution in [2.24, 2.45) is 0 Å². The first kappa shape index (κ1) is 17.1. The van der Waals surface area contributed by atoms with Crippen LogP contribution in [0, 0.1) is 6.92 Å². The van der Waals surface area contributed by atoms with E-state index in [0.29, 0.717) is 12.1 Å². The Morgan fingerprint density at radius 1 is 1.12 bits per heavy atom. The minimum atomic E-state index is -4.72. The highest BCUT2D eigenvalue weighted by atomic mass is 19.4. The molecule has 1 saturated heterocycles. The van der Waals surface area contributed by atoms with Crippen molar-refractivity contribution in [1.29, 1.82) is 0 Å². The lowest BCUT2D eigenvalue weighted by molar-refractivity contribution is -0.274. The first-order valence-electron chi connectivity index (χ1n) is 7.67. The lowest BCUT2D eigenvalue weighted by atomic mass is 10.1. The number of nitrogens with zero attached hydrogens (tertiary/aromatic N) is 1. The second-order valence-corrected chi connectivity index (χ2v) is 5.86. The summed E-state index contributed by atoms with van der Waals surface area (Å²) < 4.78 is 45.7. The SMILES string of the molecule is Cc1ccc([C@@H]2CN(Cc3ccc(OC(F)(F)F)cc3)C(=O)O2)cc1. The van der Waals surface area contributed by atoms with E-state index in [0.717, 1.165) is 11.1 Å². The second-order valence-electron chi connectivity index (χ2n) is 5.86. The van der Waals surface area contributed by atoms with E-state index < -0.39 is 12.5 Å². The molecule has 1 atom stereocenters. The van der Waals surface area contributed by atoms with Crippen molar-refractivity contribution in [3.63, 3.8) is 0 Å². The van der Waals surface area contributed by atoms with Crippen LogP contribution in [0.1, 0.15) is 22.8 Å².